The minimum absolute atomic E-state index is 0.453. The van der Waals surface area contributed by atoms with Crippen LogP contribution in [0.2, 0.25) is 0 Å². The second-order valence-corrected chi connectivity index (χ2v) is 6.22. The molecule has 1 saturated heterocycles. The summed E-state index contributed by atoms with van der Waals surface area (Å²) in [7, 11) is 0. The van der Waals surface area contributed by atoms with E-state index in [0.717, 1.165) is 23.9 Å². The first-order valence-corrected chi connectivity index (χ1v) is 7.30. The number of hydrogen-bond acceptors (Lipinski definition) is 4. The molecule has 0 radical (unpaired) electrons. The highest BCUT2D eigenvalue weighted by Gasteiger charge is 2.29. The van der Waals surface area contributed by atoms with Crippen LogP contribution in [-0.2, 0) is 0 Å². The monoisotopic (exact) mass is 254 g/mol. The number of rotatable bonds is 3. The van der Waals surface area contributed by atoms with Crippen LogP contribution in [0.4, 0.5) is 5.13 Å². The highest BCUT2D eigenvalue weighted by molar-refractivity contribution is 7.13. The number of aliphatic hydroxyl groups excluding tert-OH is 1. The van der Waals surface area contributed by atoms with Gasteiger partial charge in [0.2, 0.25) is 0 Å². The van der Waals surface area contributed by atoms with Crippen molar-refractivity contribution >= 4 is 16.5 Å². The summed E-state index contributed by atoms with van der Waals surface area (Å²) < 4.78 is 0. The molecule has 1 aliphatic heterocycles. The molecule has 1 aromatic rings. The molecule has 2 heterocycles. The summed E-state index contributed by atoms with van der Waals surface area (Å²) in [4.78, 5) is 6.86. The van der Waals surface area contributed by atoms with Crippen molar-refractivity contribution in [1.29, 1.82) is 0 Å². The summed E-state index contributed by atoms with van der Waals surface area (Å²) in [6.07, 6.45) is 3.29. The quantitative estimate of drug-likeness (QED) is 0.899. The van der Waals surface area contributed by atoms with Crippen LogP contribution in [0.25, 0.3) is 0 Å². The first-order valence-electron chi connectivity index (χ1n) is 6.42. The third kappa shape index (κ3) is 2.80. The number of aromatic nitrogens is 1. The summed E-state index contributed by atoms with van der Waals surface area (Å²) in [5.41, 5.74) is 1.31. The second-order valence-electron chi connectivity index (χ2n) is 5.38. The van der Waals surface area contributed by atoms with E-state index in [1.807, 2.05) is 5.38 Å². The van der Waals surface area contributed by atoms with Crippen LogP contribution < -0.4 is 4.90 Å². The number of aliphatic hydroxyl groups is 1. The second kappa shape index (κ2) is 4.94. The lowest BCUT2D eigenvalue weighted by Crippen LogP contribution is -2.38. The highest BCUT2D eigenvalue weighted by Crippen LogP contribution is 2.36. The molecule has 2 rings (SSSR count). The largest absolute Gasteiger partial charge is 0.387 e. The maximum absolute atomic E-state index is 9.48. The summed E-state index contributed by atoms with van der Waals surface area (Å²) in [5.74, 6) is 0. The SMILES string of the molecule is CCC1(C)CCN(c2nc(C(C)O)cs2)CC1. The van der Waals surface area contributed by atoms with Crippen molar-refractivity contribution in [3.63, 3.8) is 0 Å². The average Bonchev–Trinajstić information content (AvgIpc) is 2.79. The lowest BCUT2D eigenvalue weighted by atomic mass is 9.78. The zero-order chi connectivity index (χ0) is 12.5. The van der Waals surface area contributed by atoms with Gasteiger partial charge in [0.1, 0.15) is 0 Å². The van der Waals surface area contributed by atoms with Gasteiger partial charge in [-0.25, -0.2) is 4.98 Å². The molecule has 1 N–H and O–H groups in total. The van der Waals surface area contributed by atoms with Crippen LogP contribution in [0.1, 0.15) is 51.8 Å². The fourth-order valence-corrected chi connectivity index (χ4v) is 3.17. The van der Waals surface area contributed by atoms with Crippen LogP contribution in [0, 0.1) is 5.41 Å². The van der Waals surface area contributed by atoms with Gasteiger partial charge in [0.15, 0.2) is 5.13 Å². The van der Waals surface area contributed by atoms with Gasteiger partial charge in [0.05, 0.1) is 11.8 Å². The predicted molar refractivity (Wildman–Crippen MR) is 72.6 cm³/mol. The number of hydrogen-bond donors (Lipinski definition) is 1. The van der Waals surface area contributed by atoms with Crippen molar-refractivity contribution in [2.24, 2.45) is 5.41 Å². The van der Waals surface area contributed by atoms with Crippen molar-refractivity contribution in [2.75, 3.05) is 18.0 Å². The van der Waals surface area contributed by atoms with E-state index in [2.05, 4.69) is 23.7 Å². The lowest BCUT2D eigenvalue weighted by molar-refractivity contribution is 0.195. The molecule has 4 heteroatoms. The molecule has 0 aliphatic carbocycles. The Hall–Kier alpha value is -0.610. The van der Waals surface area contributed by atoms with Crippen LogP contribution in [0.15, 0.2) is 5.38 Å². The third-order valence-electron chi connectivity index (χ3n) is 4.03. The molecule has 0 spiro atoms. The molecule has 17 heavy (non-hydrogen) atoms. The van der Waals surface area contributed by atoms with Crippen molar-refractivity contribution in [1.82, 2.24) is 4.98 Å². The first-order chi connectivity index (χ1) is 8.04. The van der Waals surface area contributed by atoms with E-state index in [0.29, 0.717) is 5.41 Å². The first kappa shape index (κ1) is 12.8. The molecule has 3 nitrogen and oxygen atoms in total. The molecular weight excluding hydrogens is 232 g/mol. The third-order valence-corrected chi connectivity index (χ3v) is 4.95. The molecule has 1 aliphatic rings. The maximum atomic E-state index is 9.48. The van der Waals surface area contributed by atoms with Gasteiger partial charge in [-0.2, -0.15) is 0 Å². The molecule has 0 amide bonds. The summed E-state index contributed by atoms with van der Waals surface area (Å²) in [6, 6.07) is 0. The van der Waals surface area contributed by atoms with E-state index in [9.17, 15) is 5.11 Å². The Morgan fingerprint density at radius 3 is 2.65 bits per heavy atom. The van der Waals surface area contributed by atoms with Gasteiger partial charge in [-0.3, -0.25) is 0 Å². The van der Waals surface area contributed by atoms with Crippen LogP contribution in [0.5, 0.6) is 0 Å². The lowest BCUT2D eigenvalue weighted by Gasteiger charge is -2.38. The Labute approximate surface area is 107 Å². The smallest absolute Gasteiger partial charge is 0.185 e. The molecule has 1 unspecified atom stereocenters. The predicted octanol–water partition coefficient (Wildman–Crippen LogP) is 3.21. The molecule has 0 saturated carbocycles. The van der Waals surface area contributed by atoms with E-state index in [1.54, 1.807) is 18.3 Å². The Morgan fingerprint density at radius 2 is 2.18 bits per heavy atom. The van der Waals surface area contributed by atoms with Crippen molar-refractivity contribution in [3.8, 4) is 0 Å². The number of thiazole rings is 1. The van der Waals surface area contributed by atoms with Crippen molar-refractivity contribution in [2.45, 2.75) is 46.1 Å². The zero-order valence-electron chi connectivity index (χ0n) is 10.9. The zero-order valence-corrected chi connectivity index (χ0v) is 11.8. The van der Waals surface area contributed by atoms with Gasteiger partial charge in [-0.05, 0) is 25.2 Å². The van der Waals surface area contributed by atoms with E-state index in [-0.39, 0.29) is 0 Å². The Balaban J connectivity index is 2.00. The molecule has 0 aromatic carbocycles. The number of anilines is 1. The fourth-order valence-electron chi connectivity index (χ4n) is 2.20. The normalized spacial score (nSPS) is 21.5. The Bertz CT molecular complexity index is 367. The van der Waals surface area contributed by atoms with Crippen molar-refractivity contribution in [3.05, 3.63) is 11.1 Å². The molecule has 0 bridgehead atoms. The topological polar surface area (TPSA) is 36.4 Å². The van der Waals surface area contributed by atoms with Gasteiger partial charge in [0, 0.05) is 18.5 Å². The van der Waals surface area contributed by atoms with Crippen LogP contribution in [-0.4, -0.2) is 23.2 Å². The van der Waals surface area contributed by atoms with E-state index in [4.69, 9.17) is 0 Å². The van der Waals surface area contributed by atoms with Crippen LogP contribution in [0.3, 0.4) is 0 Å². The number of nitrogens with zero attached hydrogens (tertiary/aromatic N) is 2. The van der Waals surface area contributed by atoms with Gasteiger partial charge in [-0.15, -0.1) is 11.3 Å². The summed E-state index contributed by atoms with van der Waals surface area (Å²) in [6.45, 7) is 8.62. The van der Waals surface area contributed by atoms with Gasteiger partial charge < -0.3 is 10.0 Å². The summed E-state index contributed by atoms with van der Waals surface area (Å²) in [5, 5.41) is 12.5. The molecule has 1 aromatic heterocycles. The van der Waals surface area contributed by atoms with E-state index in [1.165, 1.54) is 19.3 Å². The molecule has 96 valence electrons. The average molecular weight is 254 g/mol. The molecule has 1 atom stereocenters. The maximum Gasteiger partial charge on any atom is 0.185 e. The minimum Gasteiger partial charge on any atom is -0.387 e. The Kier molecular flexibility index (Phi) is 3.73. The van der Waals surface area contributed by atoms with Crippen LogP contribution >= 0.6 is 11.3 Å². The molecular formula is C13H22N2OS. The van der Waals surface area contributed by atoms with E-state index >= 15 is 0 Å². The number of piperidine rings is 1. The van der Waals surface area contributed by atoms with Gasteiger partial charge in [0.25, 0.3) is 0 Å². The van der Waals surface area contributed by atoms with Gasteiger partial charge >= 0.3 is 0 Å². The fraction of sp³-hybridized carbons (Fsp3) is 0.769. The van der Waals surface area contributed by atoms with Gasteiger partial charge in [-0.1, -0.05) is 20.3 Å². The van der Waals surface area contributed by atoms with Crippen molar-refractivity contribution < 1.29 is 5.11 Å². The summed E-state index contributed by atoms with van der Waals surface area (Å²) >= 11 is 1.65. The molecule has 1 fully saturated rings. The highest BCUT2D eigenvalue weighted by atomic mass is 32.1. The standard InChI is InChI=1S/C13H22N2OS/c1-4-13(3)5-7-15(8-6-13)12-14-11(9-17-12)10(2)16/h9-10,16H,4-8H2,1-3H3. The van der Waals surface area contributed by atoms with E-state index < -0.39 is 6.10 Å². The minimum atomic E-state index is -0.453. The Morgan fingerprint density at radius 1 is 1.53 bits per heavy atom.